The average molecular weight is 254 g/mol. The maximum absolute atomic E-state index is 11.9. The summed E-state index contributed by atoms with van der Waals surface area (Å²) in [6, 6.07) is 7.38. The second-order valence-electron chi connectivity index (χ2n) is 4.42. The highest BCUT2D eigenvalue weighted by Gasteiger charge is 2.23. The van der Waals surface area contributed by atoms with Gasteiger partial charge in [0.2, 0.25) is 0 Å². The van der Waals surface area contributed by atoms with Crippen molar-refractivity contribution in [3.8, 4) is 0 Å². The number of nitrogens with two attached hydrogens (primary N) is 1. The summed E-state index contributed by atoms with van der Waals surface area (Å²) in [4.78, 5) is 13.4. The molecule has 0 radical (unpaired) electrons. The number of nitrogens with zero attached hydrogens (tertiary/aromatic N) is 1. The van der Waals surface area contributed by atoms with Gasteiger partial charge in [-0.2, -0.15) is 0 Å². The Morgan fingerprint density at radius 3 is 2.74 bits per heavy atom. The Balaban J connectivity index is 2.67. The molecule has 98 valence electrons. The predicted octanol–water partition coefficient (Wildman–Crippen LogP) is 3.53. The first-order valence-corrected chi connectivity index (χ1v) is 6.34. The van der Waals surface area contributed by atoms with Gasteiger partial charge in [0.1, 0.15) is 0 Å². The molecule has 0 unspecified atom stereocenters. The molecule has 0 bridgehead atoms. The van der Waals surface area contributed by atoms with Gasteiger partial charge in [0.05, 0.1) is 11.4 Å². The van der Waals surface area contributed by atoms with Crippen LogP contribution in [0.4, 0.5) is 10.5 Å². The fraction of sp³-hybridized carbons (Fsp3) is 0.188. The van der Waals surface area contributed by atoms with E-state index in [2.05, 4.69) is 6.58 Å². The van der Waals surface area contributed by atoms with Gasteiger partial charge >= 0.3 is 6.03 Å². The van der Waals surface area contributed by atoms with Gasteiger partial charge in [0, 0.05) is 0 Å². The molecule has 1 heterocycles. The molecule has 2 amide bonds. The summed E-state index contributed by atoms with van der Waals surface area (Å²) < 4.78 is 0. The molecular formula is C16H18N2O. The third-order valence-corrected chi connectivity index (χ3v) is 3.26. The number of primary amides is 1. The molecule has 0 atom stereocenters. The fourth-order valence-electron chi connectivity index (χ4n) is 2.39. The zero-order valence-electron chi connectivity index (χ0n) is 11.1. The molecule has 0 saturated heterocycles. The van der Waals surface area contributed by atoms with Crippen molar-refractivity contribution in [2.75, 3.05) is 4.90 Å². The number of hydrogen-bond acceptors (Lipinski definition) is 1. The van der Waals surface area contributed by atoms with Gasteiger partial charge in [-0.15, -0.1) is 0 Å². The number of carbonyl (C=O) groups excluding carboxylic acids is 1. The molecule has 2 N–H and O–H groups in total. The first-order valence-electron chi connectivity index (χ1n) is 6.34. The van der Waals surface area contributed by atoms with Gasteiger partial charge in [0.25, 0.3) is 0 Å². The smallest absolute Gasteiger partial charge is 0.323 e. The lowest BCUT2D eigenvalue weighted by Gasteiger charge is -2.23. The number of hydrogen-bond donors (Lipinski definition) is 1. The lowest BCUT2D eigenvalue weighted by molar-refractivity contribution is 0.255. The van der Waals surface area contributed by atoms with E-state index in [4.69, 9.17) is 5.73 Å². The number of allylic oxidation sites excluding steroid dienone is 4. The van der Waals surface area contributed by atoms with Gasteiger partial charge in [0.15, 0.2) is 0 Å². The van der Waals surface area contributed by atoms with Crippen LogP contribution in [0.2, 0.25) is 0 Å². The molecule has 3 nitrogen and oxygen atoms in total. The zero-order valence-corrected chi connectivity index (χ0v) is 11.1. The predicted molar refractivity (Wildman–Crippen MR) is 78.9 cm³/mol. The molecule has 1 aliphatic heterocycles. The Morgan fingerprint density at radius 2 is 2.11 bits per heavy atom. The molecule has 0 spiro atoms. The van der Waals surface area contributed by atoms with Crippen molar-refractivity contribution >= 4 is 11.7 Å². The first kappa shape index (κ1) is 13.1. The Kier molecular flexibility index (Phi) is 3.85. The number of fused-ring (bicyclic) bond motifs is 1. The van der Waals surface area contributed by atoms with E-state index in [0.717, 1.165) is 35.4 Å². The Labute approximate surface area is 113 Å². The second-order valence-corrected chi connectivity index (χ2v) is 4.42. The minimum absolute atomic E-state index is 0.471. The molecule has 2 rings (SSSR count). The number of urea groups is 1. The highest BCUT2D eigenvalue weighted by Crippen LogP contribution is 2.32. The number of para-hydroxylation sites is 1. The Hall–Kier alpha value is -2.29. The van der Waals surface area contributed by atoms with E-state index in [1.165, 1.54) is 0 Å². The molecule has 1 aliphatic rings. The lowest BCUT2D eigenvalue weighted by Crippen LogP contribution is -2.35. The zero-order chi connectivity index (χ0) is 13.8. The summed E-state index contributed by atoms with van der Waals surface area (Å²) in [6.07, 6.45) is 7.34. The van der Waals surface area contributed by atoms with Crippen LogP contribution in [-0.2, 0) is 6.42 Å². The molecule has 3 heteroatoms. The van der Waals surface area contributed by atoms with Crippen LogP contribution in [0.3, 0.4) is 0 Å². The maximum atomic E-state index is 11.9. The monoisotopic (exact) mass is 254 g/mol. The van der Waals surface area contributed by atoms with Crippen molar-refractivity contribution < 1.29 is 4.79 Å². The minimum Gasteiger partial charge on any atom is -0.351 e. The largest absolute Gasteiger partial charge is 0.351 e. The summed E-state index contributed by atoms with van der Waals surface area (Å²) in [5.74, 6) is 0. The van der Waals surface area contributed by atoms with E-state index in [-0.39, 0.29) is 0 Å². The molecule has 0 fully saturated rings. The first-order chi connectivity index (χ1) is 9.19. The number of benzene rings is 1. The van der Waals surface area contributed by atoms with Crippen molar-refractivity contribution in [1.82, 2.24) is 0 Å². The van der Waals surface area contributed by atoms with E-state index in [9.17, 15) is 4.79 Å². The Bertz CT molecular complexity index is 570. The van der Waals surface area contributed by atoms with Crippen LogP contribution in [0, 0.1) is 0 Å². The highest BCUT2D eigenvalue weighted by atomic mass is 16.2. The summed E-state index contributed by atoms with van der Waals surface area (Å²) in [7, 11) is 0. The van der Waals surface area contributed by atoms with Crippen LogP contribution in [0.25, 0.3) is 0 Å². The number of anilines is 1. The van der Waals surface area contributed by atoms with Gasteiger partial charge in [-0.25, -0.2) is 4.79 Å². The van der Waals surface area contributed by atoms with Crippen LogP contribution in [0.15, 0.2) is 60.3 Å². The van der Waals surface area contributed by atoms with Crippen LogP contribution in [0.1, 0.15) is 18.9 Å². The molecule has 1 aromatic rings. The van der Waals surface area contributed by atoms with Crippen LogP contribution in [0.5, 0.6) is 0 Å². The van der Waals surface area contributed by atoms with E-state index < -0.39 is 6.03 Å². The van der Waals surface area contributed by atoms with E-state index in [1.807, 2.05) is 43.3 Å². The van der Waals surface area contributed by atoms with E-state index in [0.29, 0.717) is 0 Å². The van der Waals surface area contributed by atoms with Crippen LogP contribution in [-0.4, -0.2) is 6.03 Å². The number of aryl methyl sites for hydroxylation is 1. The molecule has 19 heavy (non-hydrogen) atoms. The van der Waals surface area contributed by atoms with E-state index >= 15 is 0 Å². The average Bonchev–Trinajstić information content (AvgIpc) is 2.55. The van der Waals surface area contributed by atoms with Crippen LogP contribution >= 0.6 is 0 Å². The molecule has 0 aliphatic carbocycles. The van der Waals surface area contributed by atoms with Gasteiger partial charge in [-0.05, 0) is 43.0 Å². The fourth-order valence-corrected chi connectivity index (χ4v) is 2.39. The quantitative estimate of drug-likeness (QED) is 0.862. The van der Waals surface area contributed by atoms with Crippen molar-refractivity contribution in [2.45, 2.75) is 19.8 Å². The van der Waals surface area contributed by atoms with Gasteiger partial charge in [-0.1, -0.05) is 36.9 Å². The molecular weight excluding hydrogens is 236 g/mol. The third-order valence-electron chi connectivity index (χ3n) is 3.26. The van der Waals surface area contributed by atoms with Crippen molar-refractivity contribution in [1.29, 1.82) is 0 Å². The maximum Gasteiger partial charge on any atom is 0.323 e. The van der Waals surface area contributed by atoms with Crippen molar-refractivity contribution in [3.63, 3.8) is 0 Å². The summed E-state index contributed by atoms with van der Waals surface area (Å²) in [5, 5.41) is 0. The Morgan fingerprint density at radius 1 is 1.37 bits per heavy atom. The van der Waals surface area contributed by atoms with Crippen LogP contribution < -0.4 is 10.6 Å². The van der Waals surface area contributed by atoms with Gasteiger partial charge < -0.3 is 5.73 Å². The summed E-state index contributed by atoms with van der Waals surface area (Å²) >= 11 is 0. The standard InChI is InChI=1S/C16H18N2O/c1-3-7-14-12(4-2)10-11-13-8-5-6-9-15(13)18(14)16(17)19/h3-9H,2,10-11H2,1H3,(H2,17,19)/b7-3-. The number of amides is 2. The van der Waals surface area contributed by atoms with Gasteiger partial charge in [-0.3, -0.25) is 4.90 Å². The van der Waals surface area contributed by atoms with Crippen molar-refractivity contribution in [3.05, 3.63) is 65.9 Å². The third kappa shape index (κ3) is 2.45. The summed E-state index contributed by atoms with van der Waals surface area (Å²) in [6.45, 7) is 5.76. The number of rotatable bonds is 2. The highest BCUT2D eigenvalue weighted by molar-refractivity contribution is 5.96. The number of carbonyl (C=O) groups is 1. The SMILES string of the molecule is C=CC1=C(/C=C\C)N(C(N)=O)c2ccccc2CC1. The minimum atomic E-state index is -0.471. The lowest BCUT2D eigenvalue weighted by atomic mass is 10.0. The van der Waals surface area contributed by atoms with E-state index in [1.54, 1.807) is 11.0 Å². The van der Waals surface area contributed by atoms with Crippen molar-refractivity contribution in [2.24, 2.45) is 5.73 Å². The molecule has 0 aromatic heterocycles. The normalized spacial score (nSPS) is 15.3. The second kappa shape index (κ2) is 5.57. The molecule has 1 aromatic carbocycles. The summed E-state index contributed by atoms with van der Waals surface area (Å²) in [5.41, 5.74) is 9.41. The topological polar surface area (TPSA) is 46.3 Å². The molecule has 0 saturated carbocycles.